The predicted molar refractivity (Wildman–Crippen MR) is 57.2 cm³/mol. The van der Waals surface area contributed by atoms with E-state index in [1.54, 1.807) is 0 Å². The first kappa shape index (κ1) is 10.2. The van der Waals surface area contributed by atoms with Crippen molar-refractivity contribution in [3.05, 3.63) is 0 Å². The maximum Gasteiger partial charge on any atom is 0.121 e. The molecule has 1 aliphatic carbocycles. The highest BCUT2D eigenvalue weighted by Crippen LogP contribution is 2.34. The standard InChI is InChI=1S/C12H21NO/c14-10-4-9-13-8-3-6-11-5-1-2-7-12(11)13/h10-12H,1-9H2/t11-,12-/m0/s1. The van der Waals surface area contributed by atoms with Gasteiger partial charge in [0.25, 0.3) is 0 Å². The van der Waals surface area contributed by atoms with Crippen LogP contribution >= 0.6 is 0 Å². The second-order valence-electron chi connectivity index (χ2n) is 4.75. The minimum Gasteiger partial charge on any atom is -0.303 e. The monoisotopic (exact) mass is 195 g/mol. The van der Waals surface area contributed by atoms with Crippen LogP contribution in [0.25, 0.3) is 0 Å². The molecule has 0 aromatic heterocycles. The van der Waals surface area contributed by atoms with Crippen molar-refractivity contribution in [2.75, 3.05) is 13.1 Å². The summed E-state index contributed by atoms with van der Waals surface area (Å²) in [7, 11) is 0. The van der Waals surface area contributed by atoms with E-state index < -0.39 is 0 Å². The van der Waals surface area contributed by atoms with Crippen molar-refractivity contribution >= 4 is 6.29 Å². The fourth-order valence-corrected chi connectivity index (χ4v) is 3.22. The van der Waals surface area contributed by atoms with Gasteiger partial charge in [0.05, 0.1) is 0 Å². The molecule has 1 saturated carbocycles. The average Bonchev–Trinajstić information content (AvgIpc) is 2.26. The molecule has 0 aromatic carbocycles. The summed E-state index contributed by atoms with van der Waals surface area (Å²) in [5.74, 6) is 0.948. The fourth-order valence-electron chi connectivity index (χ4n) is 3.22. The smallest absolute Gasteiger partial charge is 0.121 e. The van der Waals surface area contributed by atoms with E-state index in [1.807, 2.05) is 0 Å². The zero-order valence-electron chi connectivity index (χ0n) is 8.95. The maximum absolute atomic E-state index is 10.4. The topological polar surface area (TPSA) is 20.3 Å². The average molecular weight is 195 g/mol. The second-order valence-corrected chi connectivity index (χ2v) is 4.75. The molecule has 14 heavy (non-hydrogen) atoms. The number of aldehydes is 1. The molecule has 0 unspecified atom stereocenters. The Morgan fingerprint density at radius 1 is 1.14 bits per heavy atom. The lowest BCUT2D eigenvalue weighted by atomic mass is 9.78. The Hall–Kier alpha value is -0.370. The summed E-state index contributed by atoms with van der Waals surface area (Å²) in [5.41, 5.74) is 0. The molecular formula is C12H21NO. The van der Waals surface area contributed by atoms with Gasteiger partial charge in [0.15, 0.2) is 0 Å². The van der Waals surface area contributed by atoms with Crippen LogP contribution < -0.4 is 0 Å². The Morgan fingerprint density at radius 2 is 1.93 bits per heavy atom. The van der Waals surface area contributed by atoms with Crippen molar-refractivity contribution in [2.24, 2.45) is 5.92 Å². The van der Waals surface area contributed by atoms with Gasteiger partial charge < -0.3 is 4.79 Å². The Morgan fingerprint density at radius 3 is 2.79 bits per heavy atom. The molecule has 2 aliphatic rings. The van der Waals surface area contributed by atoms with Crippen molar-refractivity contribution in [3.63, 3.8) is 0 Å². The van der Waals surface area contributed by atoms with E-state index in [4.69, 9.17) is 0 Å². The van der Waals surface area contributed by atoms with Crippen LogP contribution in [0.3, 0.4) is 0 Å². The summed E-state index contributed by atoms with van der Waals surface area (Å²) >= 11 is 0. The van der Waals surface area contributed by atoms with Gasteiger partial charge in [-0.1, -0.05) is 12.8 Å². The highest BCUT2D eigenvalue weighted by atomic mass is 16.1. The molecule has 0 aromatic rings. The van der Waals surface area contributed by atoms with Gasteiger partial charge >= 0.3 is 0 Å². The number of likely N-dealkylation sites (tertiary alicyclic amines) is 1. The largest absolute Gasteiger partial charge is 0.303 e. The Kier molecular flexibility index (Phi) is 3.57. The summed E-state index contributed by atoms with van der Waals surface area (Å²) in [6.45, 7) is 2.24. The van der Waals surface area contributed by atoms with E-state index in [0.717, 1.165) is 31.2 Å². The summed E-state index contributed by atoms with van der Waals surface area (Å²) in [5, 5.41) is 0. The molecular weight excluding hydrogens is 174 g/mol. The molecule has 2 heteroatoms. The van der Waals surface area contributed by atoms with Crippen LogP contribution in [0.15, 0.2) is 0 Å². The molecule has 1 heterocycles. The number of hydrogen-bond acceptors (Lipinski definition) is 2. The van der Waals surface area contributed by atoms with E-state index >= 15 is 0 Å². The summed E-state index contributed by atoms with van der Waals surface area (Å²) in [6, 6.07) is 0.817. The van der Waals surface area contributed by atoms with Crippen molar-refractivity contribution in [1.82, 2.24) is 4.90 Å². The van der Waals surface area contributed by atoms with E-state index in [1.165, 1.54) is 45.1 Å². The molecule has 0 N–H and O–H groups in total. The van der Waals surface area contributed by atoms with Crippen molar-refractivity contribution in [2.45, 2.75) is 51.0 Å². The molecule has 1 saturated heterocycles. The van der Waals surface area contributed by atoms with Crippen molar-refractivity contribution in [3.8, 4) is 0 Å². The third kappa shape index (κ3) is 2.17. The van der Waals surface area contributed by atoms with Gasteiger partial charge in [-0.25, -0.2) is 0 Å². The van der Waals surface area contributed by atoms with Gasteiger partial charge in [0, 0.05) is 19.0 Å². The van der Waals surface area contributed by atoms with Crippen molar-refractivity contribution in [1.29, 1.82) is 0 Å². The van der Waals surface area contributed by atoms with Gasteiger partial charge in [-0.05, 0) is 38.1 Å². The van der Waals surface area contributed by atoms with Gasteiger partial charge in [0.2, 0.25) is 0 Å². The molecule has 0 amide bonds. The van der Waals surface area contributed by atoms with Gasteiger partial charge in [-0.3, -0.25) is 4.90 Å². The zero-order valence-corrected chi connectivity index (χ0v) is 8.95. The lowest BCUT2D eigenvalue weighted by Crippen LogP contribution is -2.47. The number of fused-ring (bicyclic) bond motifs is 1. The molecule has 2 nitrogen and oxygen atoms in total. The van der Waals surface area contributed by atoms with Gasteiger partial charge in [0.1, 0.15) is 6.29 Å². The quantitative estimate of drug-likeness (QED) is 0.644. The minimum absolute atomic E-state index is 0.725. The third-order valence-electron chi connectivity index (χ3n) is 3.89. The van der Waals surface area contributed by atoms with E-state index in [0.29, 0.717) is 0 Å². The van der Waals surface area contributed by atoms with Crippen LogP contribution in [0.2, 0.25) is 0 Å². The second kappa shape index (κ2) is 4.92. The molecule has 2 rings (SSSR count). The molecule has 0 spiro atoms. The summed E-state index contributed by atoms with van der Waals surface area (Å²) in [6.07, 6.45) is 10.2. The lowest BCUT2D eigenvalue weighted by molar-refractivity contribution is -0.108. The minimum atomic E-state index is 0.725. The van der Waals surface area contributed by atoms with Gasteiger partial charge in [-0.15, -0.1) is 0 Å². The lowest BCUT2D eigenvalue weighted by Gasteiger charge is -2.44. The molecule has 0 radical (unpaired) electrons. The highest BCUT2D eigenvalue weighted by Gasteiger charge is 2.32. The van der Waals surface area contributed by atoms with Crippen LogP contribution in [-0.4, -0.2) is 30.3 Å². The SMILES string of the molecule is O=CCCN1CCC[C@@H]2CCCC[C@@H]21. The molecule has 2 fully saturated rings. The molecule has 1 aliphatic heterocycles. The normalized spacial score (nSPS) is 33.7. The Balaban J connectivity index is 1.90. The van der Waals surface area contributed by atoms with Crippen LogP contribution in [0.1, 0.15) is 44.9 Å². The van der Waals surface area contributed by atoms with Crippen LogP contribution in [0.5, 0.6) is 0 Å². The Bertz CT molecular complexity index is 191. The first-order valence-electron chi connectivity index (χ1n) is 6.09. The zero-order chi connectivity index (χ0) is 9.80. The molecule has 80 valence electrons. The highest BCUT2D eigenvalue weighted by molar-refractivity contribution is 5.49. The number of carbonyl (C=O) groups is 1. The van der Waals surface area contributed by atoms with E-state index in [-0.39, 0.29) is 0 Å². The summed E-state index contributed by atoms with van der Waals surface area (Å²) < 4.78 is 0. The first-order valence-corrected chi connectivity index (χ1v) is 6.09. The van der Waals surface area contributed by atoms with E-state index in [9.17, 15) is 4.79 Å². The van der Waals surface area contributed by atoms with Crippen LogP contribution in [-0.2, 0) is 4.79 Å². The summed E-state index contributed by atoms with van der Waals surface area (Å²) in [4.78, 5) is 13.0. The first-order chi connectivity index (χ1) is 6.92. The number of piperidine rings is 1. The number of nitrogens with zero attached hydrogens (tertiary/aromatic N) is 1. The number of carbonyl (C=O) groups excluding carboxylic acids is 1. The molecule has 2 atom stereocenters. The van der Waals surface area contributed by atoms with Crippen LogP contribution in [0.4, 0.5) is 0 Å². The predicted octanol–water partition coefficient (Wildman–Crippen LogP) is 2.23. The van der Waals surface area contributed by atoms with Crippen molar-refractivity contribution < 1.29 is 4.79 Å². The van der Waals surface area contributed by atoms with E-state index in [2.05, 4.69) is 4.90 Å². The third-order valence-corrected chi connectivity index (χ3v) is 3.89. The Labute approximate surface area is 86.7 Å². The fraction of sp³-hybridized carbons (Fsp3) is 0.917. The van der Waals surface area contributed by atoms with Crippen LogP contribution in [0, 0.1) is 5.92 Å². The number of hydrogen-bond donors (Lipinski definition) is 0. The maximum atomic E-state index is 10.4. The number of rotatable bonds is 3. The molecule has 0 bridgehead atoms. The van der Waals surface area contributed by atoms with Gasteiger partial charge in [-0.2, -0.15) is 0 Å².